The second-order valence-electron chi connectivity index (χ2n) is 5.68. The van der Waals surface area contributed by atoms with Crippen LogP contribution in [0.2, 0.25) is 0 Å². The summed E-state index contributed by atoms with van der Waals surface area (Å²) in [4.78, 5) is 2.61. The number of rotatable bonds is 2. The maximum Gasteiger partial charge on any atom is 0.113 e. The molecule has 1 aliphatic heterocycles. The highest BCUT2D eigenvalue weighted by Gasteiger charge is 2.20. The van der Waals surface area contributed by atoms with Crippen molar-refractivity contribution in [1.29, 1.82) is 0 Å². The Morgan fingerprint density at radius 3 is 2.80 bits per heavy atom. The number of hydrogen-bond donors (Lipinski definition) is 1. The van der Waals surface area contributed by atoms with Crippen LogP contribution < -0.4 is 0 Å². The molecule has 2 aromatic rings. The molecule has 2 heterocycles. The van der Waals surface area contributed by atoms with Crippen LogP contribution in [0.5, 0.6) is 0 Å². The lowest BCUT2D eigenvalue weighted by molar-refractivity contribution is 0.224. The van der Waals surface area contributed by atoms with Crippen LogP contribution in [0.4, 0.5) is 0 Å². The number of fused-ring (bicyclic) bond motifs is 2. The Labute approximate surface area is 128 Å². The van der Waals surface area contributed by atoms with Crippen LogP contribution >= 0.6 is 23.1 Å². The molecule has 0 amide bonds. The van der Waals surface area contributed by atoms with E-state index in [1.165, 1.54) is 53.0 Å². The average Bonchev–Trinajstić information content (AvgIpc) is 3.11. The molecule has 0 fully saturated rings. The zero-order valence-corrected chi connectivity index (χ0v) is 13.0. The Morgan fingerprint density at radius 2 is 1.90 bits per heavy atom. The molecule has 0 bridgehead atoms. The van der Waals surface area contributed by atoms with Gasteiger partial charge in [-0.3, -0.25) is 0 Å². The van der Waals surface area contributed by atoms with Gasteiger partial charge >= 0.3 is 0 Å². The van der Waals surface area contributed by atoms with E-state index in [-0.39, 0.29) is 0 Å². The fourth-order valence-corrected chi connectivity index (χ4v) is 5.62. The van der Waals surface area contributed by atoms with Gasteiger partial charge in [-0.2, -0.15) is 11.8 Å². The Hall–Kier alpha value is -0.770. The molecule has 1 unspecified atom stereocenters. The third kappa shape index (κ3) is 2.22. The first kappa shape index (κ1) is 12.9. The zero-order chi connectivity index (χ0) is 13.5. The monoisotopic (exact) mass is 302 g/mol. The summed E-state index contributed by atoms with van der Waals surface area (Å²) in [6.07, 6.45) is 4.37. The first-order chi connectivity index (χ1) is 9.81. The maximum atomic E-state index is 10.7. The van der Waals surface area contributed by atoms with E-state index in [9.17, 15) is 5.11 Å². The second-order valence-corrected chi connectivity index (χ2v) is 7.96. The van der Waals surface area contributed by atoms with Crippen LogP contribution in [-0.4, -0.2) is 10.9 Å². The molecule has 1 nitrogen and oxygen atoms in total. The molecule has 0 saturated heterocycles. The summed E-state index contributed by atoms with van der Waals surface area (Å²) in [6.45, 7) is 0. The van der Waals surface area contributed by atoms with Gasteiger partial charge < -0.3 is 5.11 Å². The highest BCUT2D eigenvalue weighted by Crippen LogP contribution is 2.37. The number of benzene rings is 1. The van der Waals surface area contributed by atoms with Crippen molar-refractivity contribution in [2.24, 2.45) is 0 Å². The minimum Gasteiger partial charge on any atom is -0.383 e. The fraction of sp³-hybridized carbons (Fsp3) is 0.412. The third-order valence-electron chi connectivity index (χ3n) is 4.35. The molecule has 2 aliphatic rings. The smallest absolute Gasteiger partial charge is 0.113 e. The van der Waals surface area contributed by atoms with Crippen molar-refractivity contribution in [1.82, 2.24) is 0 Å². The predicted molar refractivity (Wildman–Crippen MR) is 86.7 cm³/mol. The first-order valence-corrected chi connectivity index (χ1v) is 9.27. The summed E-state index contributed by atoms with van der Waals surface area (Å²) in [7, 11) is 0. The van der Waals surface area contributed by atoms with E-state index < -0.39 is 6.10 Å². The normalized spacial score (nSPS) is 18.6. The molecule has 1 atom stereocenters. The Balaban J connectivity index is 1.66. The van der Waals surface area contributed by atoms with Gasteiger partial charge in [0.1, 0.15) is 6.10 Å². The maximum absolute atomic E-state index is 10.7. The lowest BCUT2D eigenvalue weighted by atomic mass is 10.0. The molecule has 1 aliphatic carbocycles. The Morgan fingerprint density at radius 1 is 1.00 bits per heavy atom. The number of thiophene rings is 1. The van der Waals surface area contributed by atoms with Gasteiger partial charge in [-0.15, -0.1) is 11.3 Å². The van der Waals surface area contributed by atoms with Gasteiger partial charge in [0.05, 0.1) is 0 Å². The van der Waals surface area contributed by atoms with Crippen LogP contribution in [0.25, 0.3) is 0 Å². The molecule has 0 spiro atoms. The molecule has 4 rings (SSSR count). The lowest BCUT2D eigenvalue weighted by Gasteiger charge is -2.11. The van der Waals surface area contributed by atoms with Gasteiger partial charge in [0.2, 0.25) is 0 Å². The Bertz CT molecular complexity index is 621. The van der Waals surface area contributed by atoms with E-state index in [1.807, 2.05) is 23.1 Å². The third-order valence-corrected chi connectivity index (χ3v) is 6.65. The van der Waals surface area contributed by atoms with Gasteiger partial charge in [0, 0.05) is 15.5 Å². The van der Waals surface area contributed by atoms with Crippen LogP contribution in [-0.2, 0) is 25.0 Å². The fourth-order valence-electron chi connectivity index (χ4n) is 3.23. The van der Waals surface area contributed by atoms with Crippen molar-refractivity contribution in [3.8, 4) is 0 Å². The zero-order valence-electron chi connectivity index (χ0n) is 11.4. The van der Waals surface area contributed by atoms with E-state index in [4.69, 9.17) is 0 Å². The Kier molecular flexibility index (Phi) is 3.37. The first-order valence-electron chi connectivity index (χ1n) is 7.30. The molecule has 1 N–H and O–H groups in total. The largest absolute Gasteiger partial charge is 0.383 e. The molecule has 1 aromatic heterocycles. The minimum atomic E-state index is -0.443. The van der Waals surface area contributed by atoms with Crippen LogP contribution in [0.15, 0.2) is 24.3 Å². The number of thioether (sulfide) groups is 1. The summed E-state index contributed by atoms with van der Waals surface area (Å²) in [5, 5.41) is 10.7. The number of aryl methyl sites for hydroxylation is 3. The molecule has 20 heavy (non-hydrogen) atoms. The van der Waals surface area contributed by atoms with Gasteiger partial charge in [-0.25, -0.2) is 0 Å². The molecule has 0 radical (unpaired) electrons. The van der Waals surface area contributed by atoms with Gasteiger partial charge in [-0.05, 0) is 59.8 Å². The minimum absolute atomic E-state index is 0.443. The van der Waals surface area contributed by atoms with Gasteiger partial charge in [-0.1, -0.05) is 18.2 Å². The number of aliphatic hydroxyl groups excluding tert-OH is 1. The molecule has 0 saturated carbocycles. The highest BCUT2D eigenvalue weighted by atomic mass is 32.2. The van der Waals surface area contributed by atoms with E-state index in [1.54, 1.807) is 0 Å². The molecule has 1 aromatic carbocycles. The number of aliphatic hydroxyl groups is 1. The van der Waals surface area contributed by atoms with Crippen molar-refractivity contribution >= 4 is 23.1 Å². The quantitative estimate of drug-likeness (QED) is 0.901. The lowest BCUT2D eigenvalue weighted by Crippen LogP contribution is -1.98. The van der Waals surface area contributed by atoms with Crippen molar-refractivity contribution < 1.29 is 5.11 Å². The summed E-state index contributed by atoms with van der Waals surface area (Å²) in [6, 6.07) is 8.77. The van der Waals surface area contributed by atoms with Gasteiger partial charge in [0.25, 0.3) is 0 Å². The van der Waals surface area contributed by atoms with Crippen LogP contribution in [0.1, 0.15) is 44.5 Å². The van der Waals surface area contributed by atoms with E-state index in [0.717, 1.165) is 16.2 Å². The number of hydrogen-bond acceptors (Lipinski definition) is 3. The SMILES string of the molecule is OC(c1ccc2c(c1)CCC2)c1cc2c(s1)CCSC2. The van der Waals surface area contributed by atoms with E-state index in [2.05, 4.69) is 24.3 Å². The highest BCUT2D eigenvalue weighted by molar-refractivity contribution is 7.98. The molecular formula is C17H18OS2. The average molecular weight is 302 g/mol. The molecule has 3 heteroatoms. The van der Waals surface area contributed by atoms with Crippen molar-refractivity contribution in [3.63, 3.8) is 0 Å². The van der Waals surface area contributed by atoms with Crippen molar-refractivity contribution in [2.75, 3.05) is 5.75 Å². The van der Waals surface area contributed by atoms with Crippen molar-refractivity contribution in [2.45, 2.75) is 37.5 Å². The molecular weight excluding hydrogens is 284 g/mol. The van der Waals surface area contributed by atoms with Crippen molar-refractivity contribution in [3.05, 3.63) is 56.3 Å². The van der Waals surface area contributed by atoms with E-state index >= 15 is 0 Å². The summed E-state index contributed by atoms with van der Waals surface area (Å²) >= 11 is 3.81. The summed E-state index contributed by atoms with van der Waals surface area (Å²) in [5.74, 6) is 2.34. The summed E-state index contributed by atoms with van der Waals surface area (Å²) < 4.78 is 0. The summed E-state index contributed by atoms with van der Waals surface area (Å²) in [5.41, 5.74) is 5.43. The standard InChI is InChI=1S/C17H18OS2/c18-17(13-5-4-11-2-1-3-12(11)8-13)16-9-14-10-19-7-6-15(14)20-16/h4-5,8-9,17-18H,1-3,6-7,10H2. The topological polar surface area (TPSA) is 20.2 Å². The van der Waals surface area contributed by atoms with Crippen LogP contribution in [0.3, 0.4) is 0 Å². The van der Waals surface area contributed by atoms with E-state index in [0.29, 0.717) is 0 Å². The van der Waals surface area contributed by atoms with Gasteiger partial charge in [0.15, 0.2) is 0 Å². The second kappa shape index (κ2) is 5.21. The van der Waals surface area contributed by atoms with Crippen LogP contribution in [0, 0.1) is 0 Å². The predicted octanol–water partition coefficient (Wildman–Crippen LogP) is 4.11. The molecule has 104 valence electrons.